The Morgan fingerprint density at radius 3 is 1.29 bits per heavy atom. The number of aryl methyl sites for hydroxylation is 3. The molecule has 0 amide bonds. The van der Waals surface area contributed by atoms with Crippen LogP contribution in [-0.4, -0.2) is 0 Å². The first-order chi connectivity index (χ1) is 13.8. The molecule has 0 aromatic heterocycles. The Kier molecular flexibility index (Phi) is 5.68. The molecule has 138 valence electrons. The van der Waals surface area contributed by atoms with Gasteiger partial charge < -0.3 is 0 Å². The Morgan fingerprint density at radius 1 is 0.429 bits per heavy atom. The second-order valence-corrected chi connectivity index (χ2v) is 7.48. The van der Waals surface area contributed by atoms with Crippen molar-refractivity contribution < 1.29 is 0 Å². The third-order valence-electron chi connectivity index (χ3n) is 5.33. The molecule has 0 aliphatic rings. The average molecular weight is 363 g/mol. The fourth-order valence-corrected chi connectivity index (χ4v) is 3.60. The van der Waals surface area contributed by atoms with Crippen molar-refractivity contribution in [1.82, 2.24) is 0 Å². The molecule has 0 heteroatoms. The van der Waals surface area contributed by atoms with E-state index >= 15 is 0 Å². The van der Waals surface area contributed by atoms with Crippen molar-refractivity contribution in [2.45, 2.75) is 26.2 Å². The van der Waals surface area contributed by atoms with E-state index in [1.165, 1.54) is 45.4 Å². The van der Waals surface area contributed by atoms with E-state index in [2.05, 4.69) is 110 Å². The fourth-order valence-electron chi connectivity index (χ4n) is 3.60. The molecule has 0 saturated heterocycles. The molecule has 28 heavy (non-hydrogen) atoms. The van der Waals surface area contributed by atoms with Gasteiger partial charge in [-0.1, -0.05) is 109 Å². The van der Waals surface area contributed by atoms with Gasteiger partial charge in [0, 0.05) is 0 Å². The van der Waals surface area contributed by atoms with Gasteiger partial charge in [0.1, 0.15) is 0 Å². The van der Waals surface area contributed by atoms with Crippen LogP contribution in [0.4, 0.5) is 0 Å². The van der Waals surface area contributed by atoms with Gasteiger partial charge in [-0.2, -0.15) is 0 Å². The van der Waals surface area contributed by atoms with Crippen molar-refractivity contribution in [2.75, 3.05) is 0 Å². The Morgan fingerprint density at radius 2 is 0.821 bits per heavy atom. The van der Waals surface area contributed by atoms with Crippen LogP contribution >= 0.6 is 0 Å². The quantitative estimate of drug-likeness (QED) is 0.333. The summed E-state index contributed by atoms with van der Waals surface area (Å²) in [5.41, 5.74) is 9.28. The maximum atomic E-state index is 2.27. The molecule has 4 rings (SSSR count). The minimum Gasteiger partial charge on any atom is -0.0622 e. The normalized spacial score (nSPS) is 10.8. The first-order valence-electron chi connectivity index (χ1n) is 10.1. The third-order valence-corrected chi connectivity index (χ3v) is 5.33. The number of hydrogen-bond donors (Lipinski definition) is 0. The van der Waals surface area contributed by atoms with Crippen LogP contribution in [-0.2, 0) is 12.8 Å². The molecule has 0 bridgehead atoms. The summed E-state index contributed by atoms with van der Waals surface area (Å²) in [5, 5.41) is 0. The molecule has 0 spiro atoms. The first-order valence-corrected chi connectivity index (χ1v) is 10.1. The van der Waals surface area contributed by atoms with Crippen LogP contribution in [0.5, 0.6) is 0 Å². The van der Waals surface area contributed by atoms with Crippen molar-refractivity contribution in [3.05, 3.63) is 120 Å². The van der Waals surface area contributed by atoms with Crippen molar-refractivity contribution in [3.8, 4) is 22.3 Å². The summed E-state index contributed by atoms with van der Waals surface area (Å²) in [5.74, 6) is 0. The standard InChI is InChI=1S/C28H26/c1-22-10-16-26(17-11-22)28-20-14-24(15-21-28)7-5-6-23-12-18-27(19-13-23)25-8-3-2-4-9-25/h2-4,8-21H,5-7H2,1H3. The van der Waals surface area contributed by atoms with E-state index in [-0.39, 0.29) is 0 Å². The van der Waals surface area contributed by atoms with Crippen molar-refractivity contribution in [2.24, 2.45) is 0 Å². The Hall–Kier alpha value is -3.12. The third kappa shape index (κ3) is 4.58. The minimum absolute atomic E-state index is 1.12. The summed E-state index contributed by atoms with van der Waals surface area (Å²) >= 11 is 0. The highest BCUT2D eigenvalue weighted by Crippen LogP contribution is 2.22. The molecule has 0 radical (unpaired) electrons. The van der Waals surface area contributed by atoms with Crippen LogP contribution in [0.1, 0.15) is 23.1 Å². The number of hydrogen-bond acceptors (Lipinski definition) is 0. The van der Waals surface area contributed by atoms with Gasteiger partial charge in [-0.3, -0.25) is 0 Å². The van der Waals surface area contributed by atoms with E-state index in [1.54, 1.807) is 0 Å². The molecule has 0 N–H and O–H groups in total. The highest BCUT2D eigenvalue weighted by Gasteiger charge is 2.01. The van der Waals surface area contributed by atoms with Gasteiger partial charge in [0.2, 0.25) is 0 Å². The van der Waals surface area contributed by atoms with Gasteiger partial charge in [0.05, 0.1) is 0 Å². The molecule has 0 unspecified atom stereocenters. The van der Waals surface area contributed by atoms with Gasteiger partial charge in [-0.15, -0.1) is 0 Å². The molecule has 0 aliphatic heterocycles. The lowest BCUT2D eigenvalue weighted by Crippen LogP contribution is -1.91. The number of rotatable bonds is 6. The van der Waals surface area contributed by atoms with Crippen molar-refractivity contribution >= 4 is 0 Å². The topological polar surface area (TPSA) is 0 Å². The first kappa shape index (κ1) is 18.3. The summed E-state index contributed by atoms with van der Waals surface area (Å²) in [7, 11) is 0. The summed E-state index contributed by atoms with van der Waals surface area (Å²) in [6.07, 6.45) is 3.41. The lowest BCUT2D eigenvalue weighted by Gasteiger charge is -2.07. The van der Waals surface area contributed by atoms with Crippen LogP contribution in [0.3, 0.4) is 0 Å². The zero-order chi connectivity index (χ0) is 19.2. The highest BCUT2D eigenvalue weighted by atomic mass is 14.1. The fraction of sp³-hybridized carbons (Fsp3) is 0.143. The molecule has 0 nitrogen and oxygen atoms in total. The van der Waals surface area contributed by atoms with Crippen molar-refractivity contribution in [1.29, 1.82) is 0 Å². The van der Waals surface area contributed by atoms with E-state index in [9.17, 15) is 0 Å². The lowest BCUT2D eigenvalue weighted by molar-refractivity contribution is 0.821. The molecule has 0 atom stereocenters. The molecule has 0 heterocycles. The Labute approximate surface area is 168 Å². The largest absolute Gasteiger partial charge is 0.0622 e. The van der Waals surface area contributed by atoms with E-state index in [1.807, 2.05) is 0 Å². The van der Waals surface area contributed by atoms with Gasteiger partial charge in [0.15, 0.2) is 0 Å². The van der Waals surface area contributed by atoms with E-state index < -0.39 is 0 Å². The van der Waals surface area contributed by atoms with Crippen LogP contribution in [0.25, 0.3) is 22.3 Å². The summed E-state index contributed by atoms with van der Waals surface area (Å²) in [4.78, 5) is 0. The monoisotopic (exact) mass is 362 g/mol. The second-order valence-electron chi connectivity index (χ2n) is 7.48. The molecule has 0 fully saturated rings. The Balaban J connectivity index is 1.32. The molecule has 4 aromatic carbocycles. The van der Waals surface area contributed by atoms with Crippen molar-refractivity contribution in [3.63, 3.8) is 0 Å². The summed E-state index contributed by atoms with van der Waals surface area (Å²) < 4.78 is 0. The smallest absolute Gasteiger partial charge is 0.0184 e. The van der Waals surface area contributed by atoms with Gasteiger partial charge in [0.25, 0.3) is 0 Å². The SMILES string of the molecule is Cc1ccc(-c2ccc(CCCc3ccc(-c4ccccc4)cc3)cc2)cc1. The molecule has 0 aliphatic carbocycles. The Bertz CT molecular complexity index is 992. The van der Waals surface area contributed by atoms with E-state index in [0.717, 1.165) is 12.8 Å². The van der Waals surface area contributed by atoms with Gasteiger partial charge in [-0.05, 0) is 59.6 Å². The summed E-state index contributed by atoms with van der Waals surface area (Å²) in [6, 6.07) is 37.3. The maximum Gasteiger partial charge on any atom is -0.0184 e. The van der Waals surface area contributed by atoms with Crippen LogP contribution in [0.2, 0.25) is 0 Å². The van der Waals surface area contributed by atoms with Crippen LogP contribution in [0, 0.1) is 6.92 Å². The van der Waals surface area contributed by atoms with E-state index in [4.69, 9.17) is 0 Å². The molecular weight excluding hydrogens is 336 g/mol. The average Bonchev–Trinajstić information content (AvgIpc) is 2.76. The zero-order valence-electron chi connectivity index (χ0n) is 16.4. The molecule has 4 aromatic rings. The second kappa shape index (κ2) is 8.71. The lowest BCUT2D eigenvalue weighted by atomic mass is 9.99. The zero-order valence-corrected chi connectivity index (χ0v) is 16.4. The number of benzene rings is 4. The predicted octanol–water partition coefficient (Wildman–Crippen LogP) is 7.50. The van der Waals surface area contributed by atoms with E-state index in [0.29, 0.717) is 0 Å². The summed E-state index contributed by atoms with van der Waals surface area (Å²) in [6.45, 7) is 2.13. The molecule has 0 saturated carbocycles. The van der Waals surface area contributed by atoms with Gasteiger partial charge >= 0.3 is 0 Å². The maximum absolute atomic E-state index is 2.27. The molecular formula is C28H26. The predicted molar refractivity (Wildman–Crippen MR) is 121 cm³/mol. The van der Waals surface area contributed by atoms with Crippen LogP contribution < -0.4 is 0 Å². The highest BCUT2D eigenvalue weighted by molar-refractivity contribution is 5.64. The van der Waals surface area contributed by atoms with Crippen LogP contribution in [0.15, 0.2) is 103 Å². The minimum atomic E-state index is 1.12. The van der Waals surface area contributed by atoms with Gasteiger partial charge in [-0.25, -0.2) is 0 Å².